The van der Waals surface area contributed by atoms with Crippen molar-refractivity contribution in [1.29, 1.82) is 0 Å². The molecule has 28 nitrogen and oxygen atoms in total. The standard InChI is InChI=1S/C52H81N7O21/c1-48(2,3)77-44(65)55-31-20-19-30(22-53-43(64)72-25-27-15-17-29(18-16-27)59(70)71)74-41(31)75-38-33(56-45(66)78-49(4,5)6)21-32(54-40(63)34(60)28-23-58(24-28)47(68)80-51(10,11)12)37(35(38)61)76-42-36(62)39(52(13,69)26-73-42)57(14)46(67)79-50(7,8)9/h15-19,28,31-39,41-42,60-62,69H,20-26H2,1-14H3,(H,53,64)(H,54,63)(H,55,65)(H,56,66)/t31-,32-,33+,34?,35-,36-,37+,38-,39-,41-,42-,52+/m1/s1. The van der Waals surface area contributed by atoms with E-state index in [0.717, 1.165) is 4.90 Å². The summed E-state index contributed by atoms with van der Waals surface area (Å²) in [6, 6.07) is 0.0125. The highest BCUT2D eigenvalue weighted by Crippen LogP contribution is 2.36. The lowest BCUT2D eigenvalue weighted by Gasteiger charge is -2.50. The molecule has 0 spiro atoms. The fraction of sp³-hybridized carbons (Fsp3) is 0.731. The first kappa shape index (κ1) is 64.5. The predicted molar refractivity (Wildman–Crippen MR) is 279 cm³/mol. The fourth-order valence-electron chi connectivity index (χ4n) is 8.99. The third kappa shape index (κ3) is 18.6. The molecule has 28 heteroatoms. The molecule has 3 heterocycles. The number of alkyl carbamates (subject to hydrolysis) is 3. The van der Waals surface area contributed by atoms with Crippen LogP contribution in [0.2, 0.25) is 0 Å². The van der Waals surface area contributed by atoms with E-state index in [1.807, 2.05) is 0 Å². The van der Waals surface area contributed by atoms with Crippen molar-refractivity contribution in [3.05, 3.63) is 51.8 Å². The van der Waals surface area contributed by atoms with Crippen molar-refractivity contribution < 1.29 is 96.7 Å². The maximum absolute atomic E-state index is 14.1. The Morgan fingerprint density at radius 1 is 0.775 bits per heavy atom. The van der Waals surface area contributed by atoms with Gasteiger partial charge in [-0.25, -0.2) is 24.0 Å². The van der Waals surface area contributed by atoms with E-state index in [9.17, 15) is 59.3 Å². The molecule has 8 N–H and O–H groups in total. The number of non-ortho nitro benzene ring substituents is 1. The summed E-state index contributed by atoms with van der Waals surface area (Å²) in [5, 5.41) is 69.4. The van der Waals surface area contributed by atoms with Crippen molar-refractivity contribution >= 4 is 42.1 Å². The lowest BCUT2D eigenvalue weighted by molar-refractivity contribution is -0.384. The summed E-state index contributed by atoms with van der Waals surface area (Å²) in [7, 11) is 1.29. The third-order valence-corrected chi connectivity index (χ3v) is 12.6. The molecule has 1 aromatic rings. The number of likely N-dealkylation sites (tertiary alicyclic amines) is 1. The SMILES string of the molecule is CN(C(=O)OC(C)(C)C)[C@@H]1[C@@H](O)[C@@H](O[C@@H]2[C@@H](O)[C@H](O[C@H]3OC(CNC(=O)OCc4ccc([N+](=O)[O-])cc4)=CC[C@H]3NC(=O)OC(C)(C)C)[C@@H](NC(=O)OC(C)(C)C)C[C@H]2NC(=O)C(O)C2CN(C(=O)OC(C)(C)C)C2)OC[C@]1(C)O. The minimum Gasteiger partial charge on any atom is -0.465 e. The van der Waals surface area contributed by atoms with Gasteiger partial charge in [0, 0.05) is 38.2 Å². The smallest absolute Gasteiger partial charge is 0.410 e. The summed E-state index contributed by atoms with van der Waals surface area (Å²) in [5.74, 6) is -1.68. The highest BCUT2D eigenvalue weighted by atomic mass is 16.7. The Bertz CT molecular complexity index is 2390. The minimum atomic E-state index is -1.99. The summed E-state index contributed by atoms with van der Waals surface area (Å²) in [4.78, 5) is 93.0. The number of benzene rings is 1. The highest BCUT2D eigenvalue weighted by Gasteiger charge is 2.55. The second-order valence-electron chi connectivity index (χ2n) is 24.4. The summed E-state index contributed by atoms with van der Waals surface area (Å²) in [6.07, 6.45) is -15.6. The molecular formula is C52H81N7O21. The van der Waals surface area contributed by atoms with Crippen molar-refractivity contribution in [3.8, 4) is 0 Å². The number of amides is 6. The van der Waals surface area contributed by atoms with Crippen LogP contribution in [0, 0.1) is 16.0 Å². The van der Waals surface area contributed by atoms with Gasteiger partial charge in [-0.2, -0.15) is 0 Å². The molecule has 0 aromatic heterocycles. The molecule has 3 aliphatic heterocycles. The van der Waals surface area contributed by atoms with Crippen LogP contribution in [0.4, 0.5) is 29.7 Å². The van der Waals surface area contributed by atoms with Gasteiger partial charge in [-0.05, 0) is 127 Å². The van der Waals surface area contributed by atoms with Crippen molar-refractivity contribution in [2.75, 3.05) is 33.3 Å². The number of aliphatic hydroxyl groups is 4. The first-order valence-corrected chi connectivity index (χ1v) is 26.2. The highest BCUT2D eigenvalue weighted by molar-refractivity contribution is 5.82. The average molecular weight is 1140 g/mol. The quantitative estimate of drug-likeness (QED) is 0.0710. The first-order chi connectivity index (χ1) is 36.8. The van der Waals surface area contributed by atoms with E-state index in [1.54, 1.807) is 83.1 Å². The van der Waals surface area contributed by atoms with Gasteiger partial charge in [-0.3, -0.25) is 14.9 Å². The van der Waals surface area contributed by atoms with Crippen LogP contribution in [-0.4, -0.2) is 200 Å². The number of carbonyl (C=O) groups excluding carboxylic acids is 6. The largest absolute Gasteiger partial charge is 0.465 e. The van der Waals surface area contributed by atoms with Gasteiger partial charge in [0.05, 0.1) is 42.2 Å². The Labute approximate surface area is 464 Å². The van der Waals surface area contributed by atoms with E-state index in [0.29, 0.717) is 5.56 Å². The topological polar surface area (TPSA) is 364 Å². The number of ether oxygens (including phenoxy) is 9. The Balaban J connectivity index is 1.49. The number of rotatable bonds is 15. The van der Waals surface area contributed by atoms with Gasteiger partial charge in [-0.1, -0.05) is 0 Å². The van der Waals surface area contributed by atoms with Crippen LogP contribution in [0.5, 0.6) is 0 Å². The average Bonchev–Trinajstić information content (AvgIpc) is 3.28. The number of nitrogens with zero attached hydrogens (tertiary/aromatic N) is 3. The summed E-state index contributed by atoms with van der Waals surface area (Å²) in [5.41, 5.74) is -5.45. The van der Waals surface area contributed by atoms with Gasteiger partial charge in [-0.15, -0.1) is 0 Å². The van der Waals surface area contributed by atoms with Crippen LogP contribution < -0.4 is 21.3 Å². The van der Waals surface area contributed by atoms with Gasteiger partial charge in [0.1, 0.15) is 70.9 Å². The number of nitro groups is 1. The lowest BCUT2D eigenvalue weighted by atomic mass is 9.82. The Morgan fingerprint density at radius 3 is 1.84 bits per heavy atom. The van der Waals surface area contributed by atoms with Gasteiger partial charge >= 0.3 is 30.5 Å². The van der Waals surface area contributed by atoms with Crippen molar-refractivity contribution in [3.63, 3.8) is 0 Å². The number of nitrogens with one attached hydrogen (secondary N) is 4. The molecule has 2 saturated heterocycles. The molecule has 1 saturated carbocycles. The zero-order valence-electron chi connectivity index (χ0n) is 47.8. The molecule has 0 radical (unpaired) electrons. The van der Waals surface area contributed by atoms with E-state index in [4.69, 9.17) is 42.6 Å². The van der Waals surface area contributed by atoms with Gasteiger partial charge in [0.25, 0.3) is 5.69 Å². The molecule has 450 valence electrons. The van der Waals surface area contributed by atoms with Crippen LogP contribution in [-0.2, 0) is 54.0 Å². The summed E-state index contributed by atoms with van der Waals surface area (Å²) >= 11 is 0. The Morgan fingerprint density at radius 2 is 1.30 bits per heavy atom. The second kappa shape index (κ2) is 25.7. The van der Waals surface area contributed by atoms with E-state index in [-0.39, 0.29) is 50.5 Å². The maximum atomic E-state index is 14.1. The monoisotopic (exact) mass is 1140 g/mol. The molecule has 4 aliphatic rings. The van der Waals surface area contributed by atoms with Gasteiger partial charge < -0.3 is 94.1 Å². The molecule has 0 bridgehead atoms. The molecule has 3 fully saturated rings. The van der Waals surface area contributed by atoms with E-state index in [1.165, 1.54) is 49.2 Å². The number of likely N-dealkylation sites (N-methyl/N-ethyl adjacent to an activating group) is 1. The van der Waals surface area contributed by atoms with Crippen molar-refractivity contribution in [2.24, 2.45) is 5.92 Å². The molecule has 80 heavy (non-hydrogen) atoms. The van der Waals surface area contributed by atoms with Gasteiger partial charge in [0.15, 0.2) is 6.29 Å². The zero-order valence-corrected chi connectivity index (χ0v) is 47.8. The van der Waals surface area contributed by atoms with E-state index < -0.39 is 149 Å². The number of carbonyl (C=O) groups is 6. The molecule has 1 unspecified atom stereocenters. The molecule has 1 aliphatic carbocycles. The molecule has 12 atom stereocenters. The minimum absolute atomic E-state index is 0.0383. The predicted octanol–water partition coefficient (Wildman–Crippen LogP) is 3.19. The fourth-order valence-corrected chi connectivity index (χ4v) is 8.99. The third-order valence-electron chi connectivity index (χ3n) is 12.6. The van der Waals surface area contributed by atoms with E-state index in [2.05, 4.69) is 21.3 Å². The zero-order chi connectivity index (χ0) is 60.0. The molecular weight excluding hydrogens is 1060 g/mol. The number of nitro benzene ring substituents is 1. The van der Waals surface area contributed by atoms with Crippen LogP contribution in [0.1, 0.15) is 108 Å². The maximum Gasteiger partial charge on any atom is 0.410 e. The number of hydrogen-bond acceptors (Lipinski definition) is 21. The van der Waals surface area contributed by atoms with Crippen LogP contribution in [0.15, 0.2) is 36.1 Å². The normalized spacial score (nSPS) is 27.8. The van der Waals surface area contributed by atoms with Crippen LogP contribution >= 0.6 is 0 Å². The lowest BCUT2D eigenvalue weighted by Crippen LogP contribution is -2.71. The molecule has 5 rings (SSSR count). The Hall–Kier alpha value is -6.30. The molecule has 6 amide bonds. The van der Waals surface area contributed by atoms with E-state index >= 15 is 0 Å². The van der Waals surface area contributed by atoms with Gasteiger partial charge in [0.2, 0.25) is 12.2 Å². The molecule has 1 aromatic carbocycles. The first-order valence-electron chi connectivity index (χ1n) is 26.2. The van der Waals surface area contributed by atoms with Crippen LogP contribution in [0.3, 0.4) is 0 Å². The Kier molecular flexibility index (Phi) is 20.7. The number of hydrogen-bond donors (Lipinski definition) is 8. The summed E-state index contributed by atoms with van der Waals surface area (Å²) in [6.45, 7) is 19.7. The summed E-state index contributed by atoms with van der Waals surface area (Å²) < 4.78 is 52.5. The van der Waals surface area contributed by atoms with Crippen LogP contribution in [0.25, 0.3) is 0 Å². The number of aliphatic hydroxyl groups excluding tert-OH is 3. The second-order valence-corrected chi connectivity index (χ2v) is 24.4. The van der Waals surface area contributed by atoms with Crippen molar-refractivity contribution in [2.45, 2.75) is 205 Å². The van der Waals surface area contributed by atoms with Crippen molar-refractivity contribution in [1.82, 2.24) is 31.1 Å².